The van der Waals surface area contributed by atoms with Crippen LogP contribution in [0, 0.1) is 5.82 Å². The molecule has 0 aliphatic carbocycles. The van der Waals surface area contributed by atoms with Crippen LogP contribution in [0.1, 0.15) is 35.0 Å². The topological polar surface area (TPSA) is 61.7 Å². The van der Waals surface area contributed by atoms with Crippen molar-refractivity contribution >= 4 is 29.1 Å². The van der Waals surface area contributed by atoms with E-state index in [1.54, 1.807) is 52.7 Å². The summed E-state index contributed by atoms with van der Waals surface area (Å²) in [5.41, 5.74) is 4.48. The van der Waals surface area contributed by atoms with Crippen molar-refractivity contribution < 1.29 is 14.0 Å². The number of hydrogen-bond acceptors (Lipinski definition) is 4. The molecule has 1 aliphatic heterocycles. The number of aryl methyl sites for hydroxylation is 1. The Hall–Kier alpha value is -4.01. The molecule has 9 heteroatoms. The number of hydrogen-bond donors (Lipinski definition) is 0. The second-order valence-corrected chi connectivity index (χ2v) is 10.8. The lowest BCUT2D eigenvalue weighted by Crippen LogP contribution is -2.39. The Morgan fingerprint density at radius 2 is 1.68 bits per heavy atom. The third-order valence-electron chi connectivity index (χ3n) is 7.39. The number of carbonyl (C=O) groups is 2. The second kappa shape index (κ2) is 12.7. The van der Waals surface area contributed by atoms with Crippen molar-refractivity contribution in [2.45, 2.75) is 26.4 Å². The quantitative estimate of drug-likeness (QED) is 0.310. The molecule has 5 rings (SSSR count). The summed E-state index contributed by atoms with van der Waals surface area (Å²) < 4.78 is 15.1. The molecule has 41 heavy (non-hydrogen) atoms. The van der Waals surface area contributed by atoms with Gasteiger partial charge in [0, 0.05) is 69.5 Å². The lowest BCUT2D eigenvalue weighted by Gasteiger charge is -2.28. The number of fused-ring (bicyclic) bond motifs is 1. The number of halogens is 2. The first-order valence-corrected chi connectivity index (χ1v) is 14.1. The highest BCUT2D eigenvalue weighted by Gasteiger charge is 2.25. The Balaban J connectivity index is 1.50. The van der Waals surface area contributed by atoms with Crippen molar-refractivity contribution in [2.24, 2.45) is 7.05 Å². The van der Waals surface area contributed by atoms with Crippen molar-refractivity contribution in [3.63, 3.8) is 0 Å². The lowest BCUT2D eigenvalue weighted by molar-refractivity contribution is -0.116. The van der Waals surface area contributed by atoms with Crippen molar-refractivity contribution in [2.75, 3.05) is 31.1 Å². The summed E-state index contributed by atoms with van der Waals surface area (Å²) in [4.78, 5) is 32.8. The number of benzene rings is 3. The SMILES string of the molecule is CC(=O)N1CCCN(Cc2ccccc2)CCN(C(=O)c2cc(-c3ccc(F)cc3)nn2C)Cc2cc(Cl)ccc21. The first-order valence-electron chi connectivity index (χ1n) is 13.7. The third-order valence-corrected chi connectivity index (χ3v) is 7.63. The zero-order chi connectivity index (χ0) is 28.9. The van der Waals surface area contributed by atoms with E-state index in [1.165, 1.54) is 17.7 Å². The van der Waals surface area contributed by atoms with Crippen LogP contribution in [0.4, 0.5) is 10.1 Å². The van der Waals surface area contributed by atoms with Gasteiger partial charge in [0.2, 0.25) is 5.91 Å². The van der Waals surface area contributed by atoms with Gasteiger partial charge in [0.15, 0.2) is 0 Å². The van der Waals surface area contributed by atoms with Crippen LogP contribution < -0.4 is 4.90 Å². The van der Waals surface area contributed by atoms with Crippen LogP contribution in [-0.4, -0.2) is 57.6 Å². The molecule has 4 aromatic rings. The minimum atomic E-state index is -0.332. The maximum Gasteiger partial charge on any atom is 0.272 e. The van der Waals surface area contributed by atoms with Gasteiger partial charge in [-0.05, 0) is 66.1 Å². The number of carbonyl (C=O) groups excluding carboxylic acids is 2. The maximum atomic E-state index is 14.1. The molecular weight excluding hydrogens is 541 g/mol. The zero-order valence-electron chi connectivity index (χ0n) is 23.3. The van der Waals surface area contributed by atoms with E-state index in [9.17, 15) is 14.0 Å². The molecule has 0 unspecified atom stereocenters. The summed E-state index contributed by atoms with van der Waals surface area (Å²) in [6.45, 7) is 5.02. The van der Waals surface area contributed by atoms with E-state index in [2.05, 4.69) is 22.1 Å². The van der Waals surface area contributed by atoms with Crippen LogP contribution in [0.15, 0.2) is 78.9 Å². The van der Waals surface area contributed by atoms with Crippen LogP contribution in [0.2, 0.25) is 5.02 Å². The molecule has 7 nitrogen and oxygen atoms in total. The van der Waals surface area contributed by atoms with E-state index in [-0.39, 0.29) is 24.2 Å². The van der Waals surface area contributed by atoms with Gasteiger partial charge in [-0.2, -0.15) is 5.10 Å². The van der Waals surface area contributed by atoms with Crippen molar-refractivity contribution in [3.8, 4) is 11.3 Å². The van der Waals surface area contributed by atoms with E-state index in [0.717, 1.165) is 36.3 Å². The van der Waals surface area contributed by atoms with E-state index < -0.39 is 0 Å². The molecule has 0 saturated heterocycles. The molecule has 0 atom stereocenters. The molecular formula is C32H33ClFN5O2. The standard InChI is InChI=1S/C32H33ClFN5O2/c1-23(40)39-16-6-15-37(21-24-7-4-3-5-8-24)17-18-38(22-26-19-27(33)11-14-30(26)39)32(41)31-20-29(35-36(31)2)25-9-12-28(34)13-10-25/h3-5,7-14,19-20H,6,15-18,21-22H2,1-2H3. The van der Waals surface area contributed by atoms with Gasteiger partial charge in [0.1, 0.15) is 11.5 Å². The van der Waals surface area contributed by atoms with Gasteiger partial charge in [-0.1, -0.05) is 41.9 Å². The largest absolute Gasteiger partial charge is 0.332 e. The molecule has 0 spiro atoms. The summed E-state index contributed by atoms with van der Waals surface area (Å²) in [6.07, 6.45) is 0.783. The van der Waals surface area contributed by atoms with Crippen molar-refractivity contribution in [1.82, 2.24) is 19.6 Å². The van der Waals surface area contributed by atoms with E-state index in [4.69, 9.17) is 11.6 Å². The predicted molar refractivity (Wildman–Crippen MR) is 159 cm³/mol. The fourth-order valence-corrected chi connectivity index (χ4v) is 5.46. The Kier molecular flexibility index (Phi) is 8.81. The highest BCUT2D eigenvalue weighted by atomic mass is 35.5. The molecule has 2 heterocycles. The molecule has 1 aromatic heterocycles. The molecule has 2 amide bonds. The Bertz CT molecular complexity index is 1520. The Labute approximate surface area is 244 Å². The van der Waals surface area contributed by atoms with Crippen LogP contribution in [0.5, 0.6) is 0 Å². The molecule has 0 saturated carbocycles. The fourth-order valence-electron chi connectivity index (χ4n) is 5.27. The van der Waals surface area contributed by atoms with Gasteiger partial charge in [0.25, 0.3) is 5.91 Å². The predicted octanol–water partition coefficient (Wildman–Crippen LogP) is 5.78. The average molecular weight is 574 g/mol. The number of anilines is 1. The summed E-state index contributed by atoms with van der Waals surface area (Å²) in [7, 11) is 1.73. The van der Waals surface area contributed by atoms with Gasteiger partial charge < -0.3 is 9.80 Å². The first kappa shape index (κ1) is 28.5. The normalized spacial score (nSPS) is 14.8. The molecule has 3 aromatic carbocycles. The Morgan fingerprint density at radius 3 is 2.41 bits per heavy atom. The van der Waals surface area contributed by atoms with Crippen molar-refractivity contribution in [1.29, 1.82) is 0 Å². The highest BCUT2D eigenvalue weighted by Crippen LogP contribution is 2.28. The van der Waals surface area contributed by atoms with Crippen LogP contribution in [0.25, 0.3) is 11.3 Å². The van der Waals surface area contributed by atoms with Gasteiger partial charge in [-0.25, -0.2) is 4.39 Å². The van der Waals surface area contributed by atoms with E-state index >= 15 is 0 Å². The number of nitrogens with zero attached hydrogens (tertiary/aromatic N) is 5. The van der Waals surface area contributed by atoms with E-state index in [0.29, 0.717) is 36.0 Å². The van der Waals surface area contributed by atoms with Crippen molar-refractivity contribution in [3.05, 3.63) is 107 Å². The summed E-state index contributed by atoms with van der Waals surface area (Å²) >= 11 is 6.41. The molecule has 212 valence electrons. The second-order valence-electron chi connectivity index (χ2n) is 10.3. The monoisotopic (exact) mass is 573 g/mol. The van der Waals surface area contributed by atoms with E-state index in [1.807, 2.05) is 30.3 Å². The summed E-state index contributed by atoms with van der Waals surface area (Å²) in [5, 5.41) is 5.08. The lowest BCUT2D eigenvalue weighted by atomic mass is 10.1. The minimum absolute atomic E-state index is 0.0594. The van der Waals surface area contributed by atoms with Crippen LogP contribution in [-0.2, 0) is 24.9 Å². The molecule has 0 radical (unpaired) electrons. The highest BCUT2D eigenvalue weighted by molar-refractivity contribution is 6.30. The average Bonchev–Trinajstić information content (AvgIpc) is 3.33. The summed E-state index contributed by atoms with van der Waals surface area (Å²) in [5.74, 6) is -0.579. The number of amides is 2. The van der Waals surface area contributed by atoms with Gasteiger partial charge in [-0.3, -0.25) is 19.2 Å². The van der Waals surface area contributed by atoms with Gasteiger partial charge >= 0.3 is 0 Å². The molecule has 0 fully saturated rings. The first-order chi connectivity index (χ1) is 19.8. The zero-order valence-corrected chi connectivity index (χ0v) is 24.0. The fraction of sp³-hybridized carbons (Fsp3) is 0.281. The minimum Gasteiger partial charge on any atom is -0.332 e. The van der Waals surface area contributed by atoms with Crippen LogP contribution in [0.3, 0.4) is 0 Å². The summed E-state index contributed by atoms with van der Waals surface area (Å²) in [6, 6.07) is 23.5. The Morgan fingerprint density at radius 1 is 0.927 bits per heavy atom. The molecule has 0 N–H and O–H groups in total. The third kappa shape index (κ3) is 6.84. The van der Waals surface area contributed by atoms with Gasteiger partial charge in [-0.15, -0.1) is 0 Å². The maximum absolute atomic E-state index is 14.1. The van der Waals surface area contributed by atoms with Gasteiger partial charge in [0.05, 0.1) is 5.69 Å². The molecule has 1 aliphatic rings. The number of rotatable bonds is 4. The molecule has 0 bridgehead atoms. The number of aromatic nitrogens is 2. The van der Waals surface area contributed by atoms with Crippen LogP contribution >= 0.6 is 11.6 Å². The smallest absolute Gasteiger partial charge is 0.272 e.